The number of anilines is 1. The summed E-state index contributed by atoms with van der Waals surface area (Å²) in [4.78, 5) is 18.6. The van der Waals surface area contributed by atoms with Gasteiger partial charge in [0.25, 0.3) is 5.91 Å². The Hall–Kier alpha value is -2.27. The molecule has 0 saturated heterocycles. The molecule has 3 aromatic rings. The number of halogens is 1. The number of carbonyl (C=O) groups is 1. The number of hydrogen-bond donors (Lipinski definition) is 0. The number of benzene rings is 2. The number of hydrogen-bond acceptors (Lipinski definition) is 3. The number of para-hydroxylation sites is 1. The Balaban J connectivity index is 1.99. The van der Waals surface area contributed by atoms with E-state index in [-0.39, 0.29) is 5.91 Å². The molecule has 1 heterocycles. The lowest BCUT2D eigenvalue weighted by Gasteiger charge is -2.17. The largest absolute Gasteiger partial charge is 0.284 e. The van der Waals surface area contributed by atoms with Crippen molar-refractivity contribution < 1.29 is 9.18 Å². The molecule has 5 heteroatoms. The van der Waals surface area contributed by atoms with Crippen LogP contribution in [0.5, 0.6) is 0 Å². The highest BCUT2D eigenvalue weighted by atomic mass is 32.1. The van der Waals surface area contributed by atoms with Gasteiger partial charge in [-0.1, -0.05) is 29.5 Å². The van der Waals surface area contributed by atoms with Crippen molar-refractivity contribution in [3.05, 3.63) is 59.9 Å². The van der Waals surface area contributed by atoms with Crippen LogP contribution in [0.25, 0.3) is 10.2 Å². The Bertz CT molecular complexity index is 767. The van der Waals surface area contributed by atoms with E-state index in [4.69, 9.17) is 0 Å². The van der Waals surface area contributed by atoms with Crippen molar-refractivity contribution in [2.24, 2.45) is 0 Å². The fourth-order valence-electron chi connectivity index (χ4n) is 2.12. The topological polar surface area (TPSA) is 33.2 Å². The Morgan fingerprint density at radius 2 is 2.05 bits per heavy atom. The van der Waals surface area contributed by atoms with Crippen molar-refractivity contribution in [1.82, 2.24) is 4.98 Å². The maximum absolute atomic E-state index is 13.3. The van der Waals surface area contributed by atoms with Crippen LogP contribution in [0.1, 0.15) is 17.3 Å². The second-order valence-corrected chi connectivity index (χ2v) is 5.53. The summed E-state index contributed by atoms with van der Waals surface area (Å²) in [5.74, 6) is -0.655. The van der Waals surface area contributed by atoms with Crippen LogP contribution in [0, 0.1) is 5.82 Å². The van der Waals surface area contributed by atoms with Crippen LogP contribution in [-0.4, -0.2) is 17.4 Å². The summed E-state index contributed by atoms with van der Waals surface area (Å²) >= 11 is 1.46. The van der Waals surface area contributed by atoms with Gasteiger partial charge in [-0.05, 0) is 37.3 Å². The number of fused-ring (bicyclic) bond motifs is 1. The van der Waals surface area contributed by atoms with E-state index in [1.807, 2.05) is 31.2 Å². The minimum atomic E-state index is -0.416. The summed E-state index contributed by atoms with van der Waals surface area (Å²) in [5, 5.41) is 0.632. The highest BCUT2D eigenvalue weighted by Crippen LogP contribution is 2.29. The van der Waals surface area contributed by atoms with Crippen LogP contribution < -0.4 is 4.90 Å². The second-order valence-electron chi connectivity index (χ2n) is 4.52. The van der Waals surface area contributed by atoms with Crippen molar-refractivity contribution in [1.29, 1.82) is 0 Å². The van der Waals surface area contributed by atoms with Crippen molar-refractivity contribution >= 4 is 32.6 Å². The first-order valence-electron chi connectivity index (χ1n) is 6.62. The third-order valence-corrected chi connectivity index (χ3v) is 4.21. The molecule has 106 valence electrons. The molecule has 0 fully saturated rings. The normalized spacial score (nSPS) is 10.8. The number of aromatic nitrogens is 1. The Morgan fingerprint density at radius 1 is 1.24 bits per heavy atom. The first-order chi connectivity index (χ1) is 10.2. The predicted molar refractivity (Wildman–Crippen MR) is 83.4 cm³/mol. The van der Waals surface area contributed by atoms with Gasteiger partial charge in [0.05, 0.1) is 10.2 Å². The van der Waals surface area contributed by atoms with Gasteiger partial charge in [-0.15, -0.1) is 0 Å². The summed E-state index contributed by atoms with van der Waals surface area (Å²) in [6.45, 7) is 2.36. The van der Waals surface area contributed by atoms with Crippen LogP contribution in [0.2, 0.25) is 0 Å². The molecule has 0 radical (unpaired) electrons. The maximum Gasteiger partial charge on any atom is 0.260 e. The van der Waals surface area contributed by atoms with Gasteiger partial charge < -0.3 is 0 Å². The maximum atomic E-state index is 13.3. The molecule has 0 N–H and O–H groups in total. The highest BCUT2D eigenvalue weighted by molar-refractivity contribution is 7.22. The van der Waals surface area contributed by atoms with Gasteiger partial charge in [-0.3, -0.25) is 9.69 Å². The van der Waals surface area contributed by atoms with Crippen molar-refractivity contribution in [3.8, 4) is 0 Å². The van der Waals surface area contributed by atoms with E-state index in [1.54, 1.807) is 11.0 Å². The van der Waals surface area contributed by atoms with Gasteiger partial charge in [-0.25, -0.2) is 9.37 Å². The van der Waals surface area contributed by atoms with Crippen LogP contribution in [0.3, 0.4) is 0 Å². The summed E-state index contributed by atoms with van der Waals surface area (Å²) in [6.07, 6.45) is 0. The number of nitrogens with zero attached hydrogens (tertiary/aromatic N) is 2. The zero-order valence-electron chi connectivity index (χ0n) is 11.4. The zero-order valence-corrected chi connectivity index (χ0v) is 12.2. The minimum absolute atomic E-state index is 0.240. The molecule has 3 rings (SSSR count). The number of thiazole rings is 1. The van der Waals surface area contributed by atoms with Gasteiger partial charge >= 0.3 is 0 Å². The van der Waals surface area contributed by atoms with E-state index in [2.05, 4.69) is 4.98 Å². The molecule has 0 saturated carbocycles. The van der Waals surface area contributed by atoms with E-state index in [0.29, 0.717) is 17.2 Å². The van der Waals surface area contributed by atoms with Crippen LogP contribution >= 0.6 is 11.3 Å². The molecule has 21 heavy (non-hydrogen) atoms. The molecule has 0 bridgehead atoms. The van der Waals surface area contributed by atoms with Crippen LogP contribution in [0.4, 0.5) is 9.52 Å². The van der Waals surface area contributed by atoms with Crippen LogP contribution in [0.15, 0.2) is 48.5 Å². The molecular formula is C16H13FN2OS. The lowest BCUT2D eigenvalue weighted by atomic mass is 10.2. The van der Waals surface area contributed by atoms with Gasteiger partial charge in [0.15, 0.2) is 5.13 Å². The van der Waals surface area contributed by atoms with Crippen molar-refractivity contribution in [3.63, 3.8) is 0 Å². The van der Waals surface area contributed by atoms with Crippen LogP contribution in [-0.2, 0) is 0 Å². The predicted octanol–water partition coefficient (Wildman–Crippen LogP) is 4.10. The lowest BCUT2D eigenvalue weighted by molar-refractivity contribution is 0.0988. The quantitative estimate of drug-likeness (QED) is 0.729. The van der Waals surface area contributed by atoms with Crippen molar-refractivity contribution in [2.75, 3.05) is 11.4 Å². The minimum Gasteiger partial charge on any atom is -0.284 e. The summed E-state index contributed by atoms with van der Waals surface area (Å²) < 4.78 is 14.3. The molecular weight excluding hydrogens is 287 g/mol. The van der Waals surface area contributed by atoms with Gasteiger partial charge in [-0.2, -0.15) is 0 Å². The average Bonchev–Trinajstić information content (AvgIpc) is 2.91. The average molecular weight is 300 g/mol. The molecule has 0 aliphatic carbocycles. The third kappa shape index (κ3) is 2.64. The molecule has 0 aliphatic rings. The van der Waals surface area contributed by atoms with E-state index in [1.165, 1.54) is 29.5 Å². The standard InChI is InChI=1S/C16H13FN2OS/c1-2-19(15(20)11-6-5-7-12(17)10-11)16-18-13-8-3-4-9-14(13)21-16/h3-10H,2H2,1H3. The zero-order chi connectivity index (χ0) is 14.8. The monoisotopic (exact) mass is 300 g/mol. The Labute approximate surface area is 125 Å². The van der Waals surface area contributed by atoms with E-state index >= 15 is 0 Å². The molecule has 0 unspecified atom stereocenters. The highest BCUT2D eigenvalue weighted by Gasteiger charge is 2.19. The molecule has 0 spiro atoms. The first-order valence-corrected chi connectivity index (χ1v) is 7.43. The second kappa shape index (κ2) is 5.61. The number of amides is 1. The summed E-state index contributed by atoms with van der Waals surface area (Å²) in [7, 11) is 0. The molecule has 3 nitrogen and oxygen atoms in total. The smallest absolute Gasteiger partial charge is 0.260 e. The Morgan fingerprint density at radius 3 is 2.76 bits per heavy atom. The van der Waals surface area contributed by atoms with Gasteiger partial charge in [0.1, 0.15) is 5.82 Å². The third-order valence-electron chi connectivity index (χ3n) is 3.15. The fourth-order valence-corrected chi connectivity index (χ4v) is 3.15. The molecule has 1 aromatic heterocycles. The Kier molecular flexibility index (Phi) is 3.66. The SMILES string of the molecule is CCN(C(=O)c1cccc(F)c1)c1nc2ccccc2s1. The molecule has 0 aliphatic heterocycles. The number of rotatable bonds is 3. The van der Waals surface area contributed by atoms with Gasteiger partial charge in [0, 0.05) is 12.1 Å². The summed E-state index contributed by atoms with van der Waals surface area (Å²) in [6, 6.07) is 13.5. The van der Waals surface area contributed by atoms with E-state index in [9.17, 15) is 9.18 Å². The van der Waals surface area contributed by atoms with Gasteiger partial charge in [0.2, 0.25) is 0 Å². The molecule has 0 atom stereocenters. The summed E-state index contributed by atoms with van der Waals surface area (Å²) in [5.41, 5.74) is 1.19. The van der Waals surface area contributed by atoms with Crippen molar-refractivity contribution in [2.45, 2.75) is 6.92 Å². The lowest BCUT2D eigenvalue weighted by Crippen LogP contribution is -2.30. The first kappa shape index (κ1) is 13.7. The number of carbonyl (C=O) groups excluding carboxylic acids is 1. The van der Waals surface area contributed by atoms with E-state index in [0.717, 1.165) is 10.2 Å². The fraction of sp³-hybridized carbons (Fsp3) is 0.125. The van der Waals surface area contributed by atoms with E-state index < -0.39 is 5.82 Å². The molecule has 2 aromatic carbocycles. The molecule has 1 amide bonds.